The Bertz CT molecular complexity index is 913. The zero-order chi connectivity index (χ0) is 21.6. The van der Waals surface area contributed by atoms with E-state index in [-0.39, 0.29) is 49.4 Å². The number of rotatable bonds is 9. The SMILES string of the molecule is CC(c1ccccc1)(c1ccc(O)c(OCCO)c1)c1ccc(O)c(OCCO)c1. The second-order valence-electron chi connectivity index (χ2n) is 7.00. The predicted molar refractivity (Wildman–Crippen MR) is 113 cm³/mol. The highest BCUT2D eigenvalue weighted by molar-refractivity contribution is 5.56. The zero-order valence-corrected chi connectivity index (χ0v) is 16.8. The fourth-order valence-electron chi connectivity index (χ4n) is 3.46. The molecule has 6 heteroatoms. The number of phenols is 2. The Morgan fingerprint density at radius 3 is 1.57 bits per heavy atom. The van der Waals surface area contributed by atoms with Crippen LogP contribution in [0.1, 0.15) is 23.6 Å². The number of phenolic OH excluding ortho intramolecular Hbond substituents is 2. The summed E-state index contributed by atoms with van der Waals surface area (Å²) in [5.41, 5.74) is 2.01. The number of benzene rings is 3. The number of ether oxygens (including phenoxy) is 2. The summed E-state index contributed by atoms with van der Waals surface area (Å²) in [5.74, 6) is 0.527. The summed E-state index contributed by atoms with van der Waals surface area (Å²) < 4.78 is 11.0. The molecule has 4 N–H and O–H groups in total. The molecule has 0 saturated carbocycles. The molecule has 0 aliphatic rings. The largest absolute Gasteiger partial charge is 0.504 e. The van der Waals surface area contributed by atoms with Crippen molar-refractivity contribution in [1.82, 2.24) is 0 Å². The second kappa shape index (κ2) is 9.52. The molecule has 0 atom stereocenters. The van der Waals surface area contributed by atoms with Gasteiger partial charge in [0, 0.05) is 5.41 Å². The highest BCUT2D eigenvalue weighted by Crippen LogP contribution is 2.43. The van der Waals surface area contributed by atoms with Gasteiger partial charge in [-0.05, 0) is 47.9 Å². The molecule has 158 valence electrons. The van der Waals surface area contributed by atoms with E-state index in [1.807, 2.05) is 49.4 Å². The minimum atomic E-state index is -0.669. The lowest BCUT2D eigenvalue weighted by molar-refractivity contribution is 0.197. The molecule has 0 amide bonds. The van der Waals surface area contributed by atoms with Crippen LogP contribution in [0.15, 0.2) is 66.7 Å². The van der Waals surface area contributed by atoms with Crippen molar-refractivity contribution in [3.63, 3.8) is 0 Å². The van der Waals surface area contributed by atoms with Crippen molar-refractivity contribution in [2.24, 2.45) is 0 Å². The van der Waals surface area contributed by atoms with Crippen LogP contribution in [0.2, 0.25) is 0 Å². The monoisotopic (exact) mass is 410 g/mol. The standard InChI is InChI=1S/C24H26O6/c1-24(17-5-3-2-4-6-17,18-7-9-20(27)22(15-18)29-13-11-25)19-8-10-21(28)23(16-19)30-14-12-26/h2-10,15-16,25-28H,11-14H2,1H3. The number of aliphatic hydroxyl groups is 2. The third-order valence-corrected chi connectivity index (χ3v) is 5.12. The van der Waals surface area contributed by atoms with Crippen LogP contribution in [0, 0.1) is 0 Å². The Morgan fingerprint density at radius 2 is 1.13 bits per heavy atom. The molecule has 3 rings (SSSR count). The lowest BCUT2D eigenvalue weighted by atomic mass is 9.71. The van der Waals surface area contributed by atoms with Gasteiger partial charge in [0.25, 0.3) is 0 Å². The van der Waals surface area contributed by atoms with E-state index in [9.17, 15) is 10.2 Å². The van der Waals surface area contributed by atoms with Gasteiger partial charge in [0.2, 0.25) is 0 Å². The molecule has 30 heavy (non-hydrogen) atoms. The van der Waals surface area contributed by atoms with Gasteiger partial charge in [-0.2, -0.15) is 0 Å². The molecule has 0 aliphatic carbocycles. The number of aliphatic hydroxyl groups excluding tert-OH is 2. The van der Waals surface area contributed by atoms with Crippen molar-refractivity contribution in [3.05, 3.63) is 83.4 Å². The van der Waals surface area contributed by atoms with Crippen LogP contribution in [-0.4, -0.2) is 46.9 Å². The molecule has 0 fully saturated rings. The lowest BCUT2D eigenvalue weighted by Gasteiger charge is -2.32. The first-order valence-electron chi connectivity index (χ1n) is 9.70. The molecule has 3 aromatic rings. The first-order chi connectivity index (χ1) is 14.5. The smallest absolute Gasteiger partial charge is 0.161 e. The Balaban J connectivity index is 2.17. The number of aromatic hydroxyl groups is 2. The van der Waals surface area contributed by atoms with Crippen LogP contribution in [0.25, 0.3) is 0 Å². The Kier molecular flexibility index (Phi) is 6.82. The number of hydrogen-bond donors (Lipinski definition) is 4. The first kappa shape index (κ1) is 21.5. The molecule has 0 aromatic heterocycles. The fourth-order valence-corrected chi connectivity index (χ4v) is 3.46. The van der Waals surface area contributed by atoms with Crippen LogP contribution >= 0.6 is 0 Å². The van der Waals surface area contributed by atoms with Gasteiger partial charge >= 0.3 is 0 Å². The van der Waals surface area contributed by atoms with E-state index in [1.165, 1.54) is 0 Å². The Morgan fingerprint density at radius 1 is 0.667 bits per heavy atom. The minimum Gasteiger partial charge on any atom is -0.504 e. The predicted octanol–water partition coefficient (Wildman–Crippen LogP) is 3.19. The molecule has 0 unspecified atom stereocenters. The third-order valence-electron chi connectivity index (χ3n) is 5.12. The van der Waals surface area contributed by atoms with Gasteiger partial charge in [-0.15, -0.1) is 0 Å². The van der Waals surface area contributed by atoms with Gasteiger partial charge in [0.05, 0.1) is 13.2 Å². The molecular weight excluding hydrogens is 384 g/mol. The van der Waals surface area contributed by atoms with E-state index in [4.69, 9.17) is 19.7 Å². The molecule has 0 spiro atoms. The third kappa shape index (κ3) is 4.35. The van der Waals surface area contributed by atoms with Crippen molar-refractivity contribution in [1.29, 1.82) is 0 Å². The van der Waals surface area contributed by atoms with Crippen molar-refractivity contribution < 1.29 is 29.9 Å². The van der Waals surface area contributed by atoms with Crippen LogP contribution in [0.3, 0.4) is 0 Å². The van der Waals surface area contributed by atoms with Crippen molar-refractivity contribution in [2.75, 3.05) is 26.4 Å². The van der Waals surface area contributed by atoms with Gasteiger partial charge in [-0.1, -0.05) is 42.5 Å². The molecule has 0 aliphatic heterocycles. The minimum absolute atomic E-state index is 0.0136. The maximum absolute atomic E-state index is 10.2. The van der Waals surface area contributed by atoms with E-state index >= 15 is 0 Å². The Labute approximate surface area is 175 Å². The summed E-state index contributed by atoms with van der Waals surface area (Å²) >= 11 is 0. The van der Waals surface area contributed by atoms with E-state index in [0.717, 1.165) is 16.7 Å². The van der Waals surface area contributed by atoms with Gasteiger partial charge < -0.3 is 29.9 Å². The van der Waals surface area contributed by atoms with E-state index in [2.05, 4.69) is 0 Å². The second-order valence-corrected chi connectivity index (χ2v) is 7.00. The fraction of sp³-hybridized carbons (Fsp3) is 0.250. The molecular formula is C24H26O6. The highest BCUT2D eigenvalue weighted by Gasteiger charge is 2.32. The normalized spacial score (nSPS) is 11.3. The van der Waals surface area contributed by atoms with Gasteiger partial charge in [0.15, 0.2) is 23.0 Å². The quantitative estimate of drug-likeness (QED) is 0.405. The summed E-state index contributed by atoms with van der Waals surface area (Å²) in [6, 6.07) is 20.1. The van der Waals surface area contributed by atoms with Crippen LogP contribution in [0.5, 0.6) is 23.0 Å². The van der Waals surface area contributed by atoms with Crippen molar-refractivity contribution in [3.8, 4) is 23.0 Å². The highest BCUT2D eigenvalue weighted by atomic mass is 16.5. The average molecular weight is 410 g/mol. The summed E-state index contributed by atoms with van der Waals surface area (Å²) in [6.07, 6.45) is 0. The summed E-state index contributed by atoms with van der Waals surface area (Å²) in [4.78, 5) is 0. The molecule has 0 heterocycles. The van der Waals surface area contributed by atoms with E-state index in [1.54, 1.807) is 24.3 Å². The summed E-state index contributed by atoms with van der Waals surface area (Å²) in [5, 5.41) is 38.5. The molecule has 0 bridgehead atoms. The lowest BCUT2D eigenvalue weighted by Crippen LogP contribution is -2.25. The zero-order valence-electron chi connectivity index (χ0n) is 16.8. The van der Waals surface area contributed by atoms with Crippen LogP contribution < -0.4 is 9.47 Å². The van der Waals surface area contributed by atoms with Crippen LogP contribution in [-0.2, 0) is 5.41 Å². The number of hydrogen-bond acceptors (Lipinski definition) is 6. The van der Waals surface area contributed by atoms with E-state index in [0.29, 0.717) is 0 Å². The average Bonchev–Trinajstić information content (AvgIpc) is 2.78. The summed E-state index contributed by atoms with van der Waals surface area (Å²) in [6.45, 7) is 1.84. The van der Waals surface area contributed by atoms with Crippen molar-refractivity contribution in [2.45, 2.75) is 12.3 Å². The Hall–Kier alpha value is -3.22. The molecule has 0 saturated heterocycles. The van der Waals surface area contributed by atoms with Gasteiger partial charge in [-0.25, -0.2) is 0 Å². The van der Waals surface area contributed by atoms with Gasteiger partial charge in [0.1, 0.15) is 13.2 Å². The molecule has 0 radical (unpaired) electrons. The molecule has 3 aromatic carbocycles. The summed E-state index contributed by atoms with van der Waals surface area (Å²) in [7, 11) is 0. The van der Waals surface area contributed by atoms with Crippen LogP contribution in [0.4, 0.5) is 0 Å². The first-order valence-corrected chi connectivity index (χ1v) is 9.70. The maximum atomic E-state index is 10.2. The van der Waals surface area contributed by atoms with E-state index < -0.39 is 5.41 Å². The maximum Gasteiger partial charge on any atom is 0.161 e. The molecule has 6 nitrogen and oxygen atoms in total. The topological polar surface area (TPSA) is 99.4 Å². The van der Waals surface area contributed by atoms with Crippen molar-refractivity contribution >= 4 is 0 Å². The van der Waals surface area contributed by atoms with Gasteiger partial charge in [-0.3, -0.25) is 0 Å².